The summed E-state index contributed by atoms with van der Waals surface area (Å²) in [5, 5.41) is 2.38. The van der Waals surface area contributed by atoms with Crippen molar-refractivity contribution in [1.82, 2.24) is 14.2 Å². The summed E-state index contributed by atoms with van der Waals surface area (Å²) in [5.41, 5.74) is -0.446. The van der Waals surface area contributed by atoms with Crippen molar-refractivity contribution in [3.05, 3.63) is 36.7 Å². The van der Waals surface area contributed by atoms with E-state index in [0.717, 1.165) is 37.9 Å². The van der Waals surface area contributed by atoms with Gasteiger partial charge in [0.2, 0.25) is 0 Å². The van der Waals surface area contributed by atoms with E-state index in [1.165, 1.54) is 10.3 Å². The Labute approximate surface area is 166 Å². The van der Waals surface area contributed by atoms with E-state index in [1.54, 1.807) is 0 Å². The maximum Gasteiger partial charge on any atom is 0.410 e. The maximum absolute atomic E-state index is 12.4. The highest BCUT2D eigenvalue weighted by atomic mass is 32.2. The molecule has 1 aliphatic rings. The lowest BCUT2D eigenvalue weighted by atomic mass is 10.2. The number of pyridine rings is 1. The molecule has 6 heteroatoms. The molecule has 5 nitrogen and oxygen atoms in total. The number of amides is 1. The number of hydrogen-bond acceptors (Lipinski definition) is 5. The lowest BCUT2D eigenvalue weighted by Gasteiger charge is -2.34. The summed E-state index contributed by atoms with van der Waals surface area (Å²) in [5.74, 6) is 0. The normalized spacial score (nSPS) is 19.6. The minimum atomic E-state index is -0.446. The summed E-state index contributed by atoms with van der Waals surface area (Å²) in [7, 11) is 0. The lowest BCUT2D eigenvalue weighted by Crippen LogP contribution is -2.43. The highest BCUT2D eigenvalue weighted by Gasteiger charge is 2.26. The fourth-order valence-corrected chi connectivity index (χ4v) is 4.22. The third-order valence-electron chi connectivity index (χ3n) is 4.60. The van der Waals surface area contributed by atoms with Crippen molar-refractivity contribution < 1.29 is 9.53 Å². The largest absolute Gasteiger partial charge is 0.444 e. The number of benzene rings is 1. The van der Waals surface area contributed by atoms with Gasteiger partial charge in [0.15, 0.2) is 0 Å². The van der Waals surface area contributed by atoms with Crippen LogP contribution in [0, 0.1) is 0 Å². The summed E-state index contributed by atoms with van der Waals surface area (Å²) in [6.45, 7) is 10.4. The smallest absolute Gasteiger partial charge is 0.410 e. The van der Waals surface area contributed by atoms with Crippen molar-refractivity contribution in [1.29, 1.82) is 0 Å². The summed E-state index contributed by atoms with van der Waals surface area (Å²) >= 11 is 1.81. The molecule has 0 aliphatic carbocycles. The molecule has 1 amide bonds. The number of hydrogen-bond donors (Lipinski definition) is 0. The standard InChI is InChI=1S/C21H29N3O2S/c1-16-9-13-23(20(25)26-21(2,3)4)11-5-12-24(16)27-19-7-6-18-15-22-10-8-17(18)14-19/h6-8,10,14-16H,5,9,11-13H2,1-4H3/t16-/m1/s1. The average Bonchev–Trinajstić information content (AvgIpc) is 2.60. The molecule has 1 fully saturated rings. The second kappa shape index (κ2) is 8.48. The first kappa shape index (κ1) is 20.0. The van der Waals surface area contributed by atoms with Gasteiger partial charge in [-0.1, -0.05) is 6.07 Å². The molecule has 1 saturated heterocycles. The molecule has 0 saturated carbocycles. The predicted octanol–water partition coefficient (Wildman–Crippen LogP) is 4.96. The van der Waals surface area contributed by atoms with E-state index in [1.807, 2.05) is 50.0 Å². The molecular weight excluding hydrogens is 358 g/mol. The van der Waals surface area contributed by atoms with Crippen LogP contribution in [0.1, 0.15) is 40.5 Å². The van der Waals surface area contributed by atoms with Gasteiger partial charge in [-0.2, -0.15) is 0 Å². The van der Waals surface area contributed by atoms with Gasteiger partial charge in [0.25, 0.3) is 0 Å². The van der Waals surface area contributed by atoms with Crippen LogP contribution in [0.4, 0.5) is 4.79 Å². The Kier molecular flexibility index (Phi) is 6.27. The zero-order valence-corrected chi connectivity index (χ0v) is 17.5. The summed E-state index contributed by atoms with van der Waals surface area (Å²) in [6.07, 6.45) is 5.41. The van der Waals surface area contributed by atoms with Crippen molar-refractivity contribution >= 4 is 28.8 Å². The maximum atomic E-state index is 12.4. The van der Waals surface area contributed by atoms with E-state index in [4.69, 9.17) is 4.74 Å². The van der Waals surface area contributed by atoms with Crippen molar-refractivity contribution in [3.63, 3.8) is 0 Å². The SMILES string of the molecule is C[C@@H]1CCN(C(=O)OC(C)(C)C)CCCN1Sc1ccc2cnccc2c1. The van der Waals surface area contributed by atoms with Crippen LogP contribution in [-0.2, 0) is 4.74 Å². The number of carbonyl (C=O) groups is 1. The molecule has 0 unspecified atom stereocenters. The van der Waals surface area contributed by atoms with Crippen LogP contribution < -0.4 is 0 Å². The lowest BCUT2D eigenvalue weighted by molar-refractivity contribution is 0.0221. The van der Waals surface area contributed by atoms with Gasteiger partial charge >= 0.3 is 6.09 Å². The van der Waals surface area contributed by atoms with Gasteiger partial charge in [0.05, 0.1) is 0 Å². The molecule has 2 heterocycles. The molecule has 1 aromatic carbocycles. The van der Waals surface area contributed by atoms with Crippen LogP contribution in [0.15, 0.2) is 41.6 Å². The second-order valence-corrected chi connectivity index (χ2v) is 9.20. The summed E-state index contributed by atoms with van der Waals surface area (Å²) in [6, 6.07) is 8.94. The van der Waals surface area contributed by atoms with Gasteiger partial charge in [-0.05, 0) is 76.1 Å². The van der Waals surface area contributed by atoms with Gasteiger partial charge < -0.3 is 9.64 Å². The monoisotopic (exact) mass is 387 g/mol. The Morgan fingerprint density at radius 2 is 2.00 bits per heavy atom. The summed E-state index contributed by atoms with van der Waals surface area (Å²) in [4.78, 5) is 19.6. The van der Waals surface area contributed by atoms with Crippen LogP contribution in [0.5, 0.6) is 0 Å². The Morgan fingerprint density at radius 3 is 2.78 bits per heavy atom. The Balaban J connectivity index is 1.61. The highest BCUT2D eigenvalue weighted by molar-refractivity contribution is 7.97. The third kappa shape index (κ3) is 5.59. The van der Waals surface area contributed by atoms with Crippen LogP contribution in [0.25, 0.3) is 10.8 Å². The fourth-order valence-electron chi connectivity index (χ4n) is 3.13. The van der Waals surface area contributed by atoms with Gasteiger partial charge in [-0.15, -0.1) is 0 Å². The van der Waals surface area contributed by atoms with E-state index in [2.05, 4.69) is 40.5 Å². The molecule has 2 aromatic rings. The molecule has 1 aromatic heterocycles. The Morgan fingerprint density at radius 1 is 1.19 bits per heavy atom. The first-order valence-electron chi connectivity index (χ1n) is 9.58. The molecule has 0 radical (unpaired) electrons. The van der Waals surface area contributed by atoms with Crippen LogP contribution in [0.2, 0.25) is 0 Å². The average molecular weight is 388 g/mol. The predicted molar refractivity (Wildman–Crippen MR) is 111 cm³/mol. The molecule has 1 atom stereocenters. The molecule has 27 heavy (non-hydrogen) atoms. The van der Waals surface area contributed by atoms with Gasteiger partial charge in [-0.3, -0.25) is 4.98 Å². The number of aromatic nitrogens is 1. The Hall–Kier alpha value is -1.79. The highest BCUT2D eigenvalue weighted by Crippen LogP contribution is 2.30. The minimum absolute atomic E-state index is 0.195. The Bertz CT molecular complexity index is 790. The van der Waals surface area contributed by atoms with Crippen LogP contribution >= 0.6 is 11.9 Å². The third-order valence-corrected chi connectivity index (χ3v) is 5.84. The second-order valence-electron chi connectivity index (χ2n) is 8.08. The van der Waals surface area contributed by atoms with Crippen molar-refractivity contribution in [3.8, 4) is 0 Å². The van der Waals surface area contributed by atoms with Gasteiger partial charge in [0, 0.05) is 48.4 Å². The molecule has 0 bridgehead atoms. The number of fused-ring (bicyclic) bond motifs is 1. The van der Waals surface area contributed by atoms with E-state index in [9.17, 15) is 4.79 Å². The van der Waals surface area contributed by atoms with Crippen molar-refractivity contribution in [2.45, 2.75) is 57.1 Å². The molecule has 1 aliphatic heterocycles. The topological polar surface area (TPSA) is 45.7 Å². The van der Waals surface area contributed by atoms with E-state index in [-0.39, 0.29) is 6.09 Å². The van der Waals surface area contributed by atoms with Crippen LogP contribution in [0.3, 0.4) is 0 Å². The van der Waals surface area contributed by atoms with E-state index >= 15 is 0 Å². The quantitative estimate of drug-likeness (QED) is 0.681. The molecular formula is C21H29N3O2S. The number of nitrogens with zero attached hydrogens (tertiary/aromatic N) is 3. The molecule has 0 N–H and O–H groups in total. The van der Waals surface area contributed by atoms with E-state index < -0.39 is 5.60 Å². The zero-order chi connectivity index (χ0) is 19.4. The summed E-state index contributed by atoms with van der Waals surface area (Å²) < 4.78 is 7.97. The van der Waals surface area contributed by atoms with Gasteiger partial charge in [0.1, 0.15) is 5.60 Å². The van der Waals surface area contributed by atoms with Crippen molar-refractivity contribution in [2.24, 2.45) is 0 Å². The number of ether oxygens (including phenoxy) is 1. The van der Waals surface area contributed by atoms with E-state index in [0.29, 0.717) is 6.04 Å². The minimum Gasteiger partial charge on any atom is -0.444 e. The first-order valence-corrected chi connectivity index (χ1v) is 10.4. The van der Waals surface area contributed by atoms with Crippen molar-refractivity contribution in [2.75, 3.05) is 19.6 Å². The molecule has 3 rings (SSSR count). The zero-order valence-electron chi connectivity index (χ0n) is 16.6. The first-order chi connectivity index (χ1) is 12.8. The molecule has 0 spiro atoms. The number of rotatable bonds is 2. The van der Waals surface area contributed by atoms with Crippen LogP contribution in [-0.4, -0.2) is 51.6 Å². The van der Waals surface area contributed by atoms with Gasteiger partial charge in [-0.25, -0.2) is 9.10 Å². The molecule has 146 valence electrons. The fraction of sp³-hybridized carbons (Fsp3) is 0.524. The number of carbonyl (C=O) groups excluding carboxylic acids is 1.